The Balaban J connectivity index is 2.21. The van der Waals surface area contributed by atoms with Gasteiger partial charge in [-0.15, -0.1) is 11.8 Å². The maximum absolute atomic E-state index is 11.3. The molecular formula is C14H18O3S. The van der Waals surface area contributed by atoms with Gasteiger partial charge < -0.3 is 9.84 Å². The molecule has 1 fully saturated rings. The smallest absolute Gasteiger partial charge is 0.320 e. The van der Waals surface area contributed by atoms with Crippen LogP contribution in [0.15, 0.2) is 23.1 Å². The van der Waals surface area contributed by atoms with Crippen LogP contribution in [-0.2, 0) is 11.2 Å². The van der Waals surface area contributed by atoms with Crippen molar-refractivity contribution in [3.05, 3.63) is 23.8 Å². The molecule has 0 bridgehead atoms. The third kappa shape index (κ3) is 2.34. The minimum Gasteiger partial charge on any atom is -0.496 e. The van der Waals surface area contributed by atoms with Crippen LogP contribution < -0.4 is 4.74 Å². The first-order valence-electron chi connectivity index (χ1n) is 6.20. The second-order valence-electron chi connectivity index (χ2n) is 4.58. The van der Waals surface area contributed by atoms with E-state index >= 15 is 0 Å². The van der Waals surface area contributed by atoms with Crippen LogP contribution in [0.3, 0.4) is 0 Å². The molecule has 1 aromatic carbocycles. The Morgan fingerprint density at radius 1 is 1.50 bits per heavy atom. The molecule has 0 heterocycles. The number of aliphatic carboxylic acids is 1. The molecule has 0 saturated heterocycles. The lowest BCUT2D eigenvalue weighted by Gasteiger charge is -2.36. The Bertz CT molecular complexity index is 452. The van der Waals surface area contributed by atoms with Crippen LogP contribution in [0.4, 0.5) is 0 Å². The van der Waals surface area contributed by atoms with Gasteiger partial charge in [0.25, 0.3) is 0 Å². The Morgan fingerprint density at radius 2 is 2.22 bits per heavy atom. The van der Waals surface area contributed by atoms with Crippen molar-refractivity contribution in [2.45, 2.75) is 42.2 Å². The zero-order valence-corrected chi connectivity index (χ0v) is 11.5. The fraction of sp³-hybridized carbons (Fsp3) is 0.500. The normalized spacial score (nSPS) is 17.0. The zero-order chi connectivity index (χ0) is 13.2. The number of carboxylic acid groups (broad SMARTS) is 1. The van der Waals surface area contributed by atoms with E-state index in [4.69, 9.17) is 4.74 Å². The van der Waals surface area contributed by atoms with Crippen molar-refractivity contribution < 1.29 is 14.6 Å². The molecule has 2 rings (SSSR count). The van der Waals surface area contributed by atoms with Crippen LogP contribution in [0, 0.1) is 0 Å². The minimum atomic E-state index is -0.687. The van der Waals surface area contributed by atoms with E-state index in [1.807, 2.05) is 18.2 Å². The molecule has 98 valence electrons. The Kier molecular flexibility index (Phi) is 3.85. The highest BCUT2D eigenvalue weighted by molar-refractivity contribution is 8.01. The molecule has 0 aromatic heterocycles. The number of aryl methyl sites for hydroxylation is 1. The maximum Gasteiger partial charge on any atom is 0.320 e. The molecule has 0 unspecified atom stereocenters. The van der Waals surface area contributed by atoms with Gasteiger partial charge in [0.15, 0.2) is 0 Å². The van der Waals surface area contributed by atoms with Gasteiger partial charge in [0.1, 0.15) is 10.5 Å². The van der Waals surface area contributed by atoms with Gasteiger partial charge in [-0.1, -0.05) is 6.92 Å². The van der Waals surface area contributed by atoms with Crippen LogP contribution in [-0.4, -0.2) is 22.9 Å². The number of methoxy groups -OCH3 is 1. The van der Waals surface area contributed by atoms with Crippen LogP contribution >= 0.6 is 11.8 Å². The summed E-state index contributed by atoms with van der Waals surface area (Å²) in [5.74, 6) is 0.187. The first-order chi connectivity index (χ1) is 8.61. The first-order valence-corrected chi connectivity index (χ1v) is 7.02. The van der Waals surface area contributed by atoms with Crippen molar-refractivity contribution in [1.82, 2.24) is 0 Å². The van der Waals surface area contributed by atoms with Crippen LogP contribution in [0.2, 0.25) is 0 Å². The lowest BCUT2D eigenvalue weighted by atomic mass is 9.84. The van der Waals surface area contributed by atoms with Crippen molar-refractivity contribution >= 4 is 17.7 Å². The van der Waals surface area contributed by atoms with E-state index in [0.717, 1.165) is 41.9 Å². The van der Waals surface area contributed by atoms with Crippen LogP contribution in [0.5, 0.6) is 5.75 Å². The molecule has 1 saturated carbocycles. The standard InChI is InChI=1S/C14H18O3S/c1-3-10-9-11(5-6-12(10)17-2)18-14(13(15)16)7-4-8-14/h5-6,9H,3-4,7-8H2,1-2H3,(H,15,16). The molecule has 0 atom stereocenters. The third-order valence-corrected chi connectivity index (χ3v) is 4.96. The largest absolute Gasteiger partial charge is 0.496 e. The summed E-state index contributed by atoms with van der Waals surface area (Å²) in [5.41, 5.74) is 1.13. The van der Waals surface area contributed by atoms with E-state index in [9.17, 15) is 9.90 Å². The predicted molar refractivity (Wildman–Crippen MR) is 72.4 cm³/mol. The number of ether oxygens (including phenoxy) is 1. The molecule has 1 aliphatic carbocycles. The fourth-order valence-corrected chi connectivity index (χ4v) is 3.55. The molecule has 1 aliphatic rings. The molecule has 0 radical (unpaired) electrons. The van der Waals surface area contributed by atoms with E-state index in [2.05, 4.69) is 6.92 Å². The zero-order valence-electron chi connectivity index (χ0n) is 10.7. The number of rotatable bonds is 5. The van der Waals surface area contributed by atoms with Gasteiger partial charge in [-0.2, -0.15) is 0 Å². The number of carbonyl (C=O) groups is 1. The first kappa shape index (κ1) is 13.3. The van der Waals surface area contributed by atoms with E-state index in [1.165, 1.54) is 11.8 Å². The summed E-state index contributed by atoms with van der Waals surface area (Å²) >= 11 is 1.48. The number of hydrogen-bond acceptors (Lipinski definition) is 3. The average Bonchev–Trinajstić information content (AvgIpc) is 2.33. The summed E-state index contributed by atoms with van der Waals surface area (Å²) in [6.07, 6.45) is 3.43. The monoisotopic (exact) mass is 266 g/mol. The highest BCUT2D eigenvalue weighted by atomic mass is 32.2. The van der Waals surface area contributed by atoms with Gasteiger partial charge >= 0.3 is 5.97 Å². The fourth-order valence-electron chi connectivity index (χ4n) is 2.18. The van der Waals surface area contributed by atoms with E-state index in [1.54, 1.807) is 7.11 Å². The molecule has 1 aromatic rings. The molecule has 3 nitrogen and oxygen atoms in total. The van der Waals surface area contributed by atoms with Crippen molar-refractivity contribution in [1.29, 1.82) is 0 Å². The van der Waals surface area contributed by atoms with Crippen molar-refractivity contribution in [3.8, 4) is 5.75 Å². The number of carboxylic acids is 1. The summed E-state index contributed by atoms with van der Waals surface area (Å²) in [5, 5.41) is 9.33. The average molecular weight is 266 g/mol. The maximum atomic E-state index is 11.3. The molecule has 18 heavy (non-hydrogen) atoms. The summed E-state index contributed by atoms with van der Waals surface area (Å²) in [6, 6.07) is 5.92. The number of hydrogen-bond donors (Lipinski definition) is 1. The van der Waals surface area contributed by atoms with E-state index in [0.29, 0.717) is 0 Å². The van der Waals surface area contributed by atoms with Crippen molar-refractivity contribution in [2.24, 2.45) is 0 Å². The molecular weight excluding hydrogens is 248 g/mol. The summed E-state index contributed by atoms with van der Waals surface area (Å²) in [7, 11) is 1.66. The molecule has 0 spiro atoms. The van der Waals surface area contributed by atoms with Crippen LogP contribution in [0.1, 0.15) is 31.7 Å². The Hall–Kier alpha value is -1.16. The highest BCUT2D eigenvalue weighted by Gasteiger charge is 2.45. The third-order valence-electron chi connectivity index (χ3n) is 3.50. The van der Waals surface area contributed by atoms with E-state index in [-0.39, 0.29) is 0 Å². The van der Waals surface area contributed by atoms with Crippen molar-refractivity contribution in [2.75, 3.05) is 7.11 Å². The second-order valence-corrected chi connectivity index (χ2v) is 6.04. The SMILES string of the molecule is CCc1cc(SC2(C(=O)O)CCC2)ccc1OC. The predicted octanol–water partition coefficient (Wildman–Crippen LogP) is 3.36. The van der Waals surface area contributed by atoms with Gasteiger partial charge in [0.2, 0.25) is 0 Å². The van der Waals surface area contributed by atoms with Gasteiger partial charge in [0.05, 0.1) is 7.11 Å². The summed E-state index contributed by atoms with van der Waals surface area (Å²) in [6.45, 7) is 2.07. The summed E-state index contributed by atoms with van der Waals surface area (Å²) in [4.78, 5) is 12.4. The van der Waals surface area contributed by atoms with Gasteiger partial charge in [-0.25, -0.2) is 0 Å². The minimum absolute atomic E-state index is 0.598. The quantitative estimate of drug-likeness (QED) is 0.887. The Morgan fingerprint density at radius 3 is 2.67 bits per heavy atom. The van der Waals surface area contributed by atoms with Crippen molar-refractivity contribution in [3.63, 3.8) is 0 Å². The van der Waals surface area contributed by atoms with Gasteiger partial charge in [0, 0.05) is 4.90 Å². The molecule has 1 N–H and O–H groups in total. The van der Waals surface area contributed by atoms with Gasteiger partial charge in [-0.3, -0.25) is 4.79 Å². The topological polar surface area (TPSA) is 46.5 Å². The molecule has 0 aliphatic heterocycles. The lowest BCUT2D eigenvalue weighted by molar-refractivity contribution is -0.142. The number of benzene rings is 1. The lowest BCUT2D eigenvalue weighted by Crippen LogP contribution is -2.41. The number of thioether (sulfide) groups is 1. The van der Waals surface area contributed by atoms with Gasteiger partial charge in [-0.05, 0) is 49.4 Å². The van der Waals surface area contributed by atoms with E-state index < -0.39 is 10.7 Å². The molecule has 4 heteroatoms. The Labute approximate surface area is 112 Å². The van der Waals surface area contributed by atoms with Crippen LogP contribution in [0.25, 0.3) is 0 Å². The highest BCUT2D eigenvalue weighted by Crippen LogP contribution is 2.48. The second kappa shape index (κ2) is 5.22. The summed E-state index contributed by atoms with van der Waals surface area (Å²) < 4.78 is 4.69. The molecule has 0 amide bonds.